The Bertz CT molecular complexity index is 1290. The Morgan fingerprint density at radius 3 is 2.46 bits per heavy atom. The van der Waals surface area contributed by atoms with Gasteiger partial charge in [-0.1, -0.05) is 59.1 Å². The van der Waals surface area contributed by atoms with Crippen LogP contribution >= 0.6 is 23.2 Å². The number of hydrazone groups is 1. The Labute approximate surface area is 212 Å². The lowest BCUT2D eigenvalue weighted by atomic mass is 10.1. The van der Waals surface area contributed by atoms with Crippen LogP contribution in [-0.2, 0) is 14.4 Å². The first-order valence-electron chi connectivity index (χ1n) is 10.4. The van der Waals surface area contributed by atoms with Crippen LogP contribution in [-0.4, -0.2) is 30.5 Å². The number of aryl methyl sites for hydroxylation is 2. The van der Waals surface area contributed by atoms with E-state index in [0.717, 1.165) is 16.8 Å². The van der Waals surface area contributed by atoms with Crippen LogP contribution in [0.15, 0.2) is 65.8 Å². The fraction of sp³-hybridized carbons (Fsp3) is 0.120. The van der Waals surface area contributed by atoms with Crippen molar-refractivity contribution in [3.8, 4) is 5.75 Å². The van der Waals surface area contributed by atoms with Gasteiger partial charge in [0.15, 0.2) is 6.61 Å². The van der Waals surface area contributed by atoms with Gasteiger partial charge in [-0.05, 0) is 55.3 Å². The smallest absolute Gasteiger partial charge is 0.329 e. The molecule has 0 bridgehead atoms. The van der Waals surface area contributed by atoms with E-state index < -0.39 is 11.8 Å². The van der Waals surface area contributed by atoms with E-state index in [1.54, 1.807) is 36.4 Å². The lowest BCUT2D eigenvalue weighted by molar-refractivity contribution is -0.136. The van der Waals surface area contributed by atoms with Gasteiger partial charge in [-0.2, -0.15) is 5.10 Å². The minimum atomic E-state index is -0.993. The minimum absolute atomic E-state index is 0.123. The molecule has 0 radical (unpaired) electrons. The van der Waals surface area contributed by atoms with Crippen molar-refractivity contribution in [3.05, 3.63) is 87.4 Å². The Morgan fingerprint density at radius 2 is 1.69 bits per heavy atom. The van der Waals surface area contributed by atoms with Gasteiger partial charge < -0.3 is 15.4 Å². The van der Waals surface area contributed by atoms with Gasteiger partial charge in [-0.25, -0.2) is 5.43 Å². The van der Waals surface area contributed by atoms with Crippen LogP contribution in [0.4, 0.5) is 11.4 Å². The van der Waals surface area contributed by atoms with Gasteiger partial charge in [-0.3, -0.25) is 14.4 Å². The predicted octanol–water partition coefficient (Wildman–Crippen LogP) is 4.72. The van der Waals surface area contributed by atoms with Gasteiger partial charge in [0, 0.05) is 5.69 Å². The molecule has 0 spiro atoms. The van der Waals surface area contributed by atoms with Crippen LogP contribution < -0.4 is 20.8 Å². The molecule has 0 saturated heterocycles. The predicted molar refractivity (Wildman–Crippen MR) is 137 cm³/mol. The quantitative estimate of drug-likeness (QED) is 0.241. The molecule has 0 aromatic heterocycles. The summed E-state index contributed by atoms with van der Waals surface area (Å²) in [6.07, 6.45) is 1.33. The summed E-state index contributed by atoms with van der Waals surface area (Å²) in [6, 6.07) is 17.1. The Hall–Kier alpha value is -3.88. The van der Waals surface area contributed by atoms with E-state index in [1.807, 2.05) is 32.0 Å². The molecule has 0 heterocycles. The van der Waals surface area contributed by atoms with Crippen molar-refractivity contribution < 1.29 is 19.1 Å². The molecule has 0 unspecified atom stereocenters. The lowest BCUT2D eigenvalue weighted by Gasteiger charge is -2.10. The number of amides is 3. The molecule has 0 fully saturated rings. The molecule has 0 aliphatic carbocycles. The maximum absolute atomic E-state index is 12.2. The van der Waals surface area contributed by atoms with E-state index in [4.69, 9.17) is 27.9 Å². The molecule has 8 nitrogen and oxygen atoms in total. The second-order valence-corrected chi connectivity index (χ2v) is 8.27. The van der Waals surface area contributed by atoms with Crippen molar-refractivity contribution >= 4 is 58.5 Å². The lowest BCUT2D eigenvalue weighted by Crippen LogP contribution is -2.32. The number of hydrogen-bond acceptors (Lipinski definition) is 5. The van der Waals surface area contributed by atoms with Crippen molar-refractivity contribution in [3.63, 3.8) is 0 Å². The van der Waals surface area contributed by atoms with E-state index in [0.29, 0.717) is 11.3 Å². The zero-order chi connectivity index (χ0) is 25.4. The molecule has 3 N–H and O–H groups in total. The van der Waals surface area contributed by atoms with E-state index in [2.05, 4.69) is 21.2 Å². The zero-order valence-corrected chi connectivity index (χ0v) is 20.4. The summed E-state index contributed by atoms with van der Waals surface area (Å²) in [5.41, 5.74) is 5.71. The van der Waals surface area contributed by atoms with Crippen molar-refractivity contribution in [2.24, 2.45) is 5.10 Å². The van der Waals surface area contributed by atoms with Crippen molar-refractivity contribution in [1.82, 2.24) is 5.43 Å². The van der Waals surface area contributed by atoms with E-state index >= 15 is 0 Å². The first-order chi connectivity index (χ1) is 16.7. The fourth-order valence-corrected chi connectivity index (χ4v) is 3.32. The van der Waals surface area contributed by atoms with Gasteiger partial charge in [-0.15, -0.1) is 0 Å². The summed E-state index contributed by atoms with van der Waals surface area (Å²) in [5.74, 6) is -1.82. The molecular weight excluding hydrogens is 491 g/mol. The van der Waals surface area contributed by atoms with Crippen LogP contribution in [0.1, 0.15) is 16.7 Å². The number of nitrogens with one attached hydrogen (secondary N) is 3. The fourth-order valence-electron chi connectivity index (χ4n) is 2.97. The standard InChI is InChI=1S/C25H22Cl2N4O4/c1-15-9-10-20(16(2)11-15)29-22(32)14-35-18-6-3-5-17(12-18)13-28-31-25(34)24(33)30-21-8-4-7-19(26)23(21)27/h3-13H,14H2,1-2H3,(H,29,32)(H,30,33)(H,31,34)/b28-13-. The van der Waals surface area contributed by atoms with Gasteiger partial charge in [0.05, 0.1) is 21.9 Å². The average Bonchev–Trinajstić information content (AvgIpc) is 2.82. The third-order valence-corrected chi connectivity index (χ3v) is 5.49. The summed E-state index contributed by atoms with van der Waals surface area (Å²) in [7, 11) is 0. The van der Waals surface area contributed by atoms with Gasteiger partial charge in [0.25, 0.3) is 5.91 Å². The highest BCUT2D eigenvalue weighted by Crippen LogP contribution is 2.29. The molecule has 35 heavy (non-hydrogen) atoms. The topological polar surface area (TPSA) is 109 Å². The number of hydrogen-bond donors (Lipinski definition) is 3. The second-order valence-electron chi connectivity index (χ2n) is 7.48. The van der Waals surface area contributed by atoms with E-state index in [-0.39, 0.29) is 28.2 Å². The minimum Gasteiger partial charge on any atom is -0.484 e. The highest BCUT2D eigenvalue weighted by Gasteiger charge is 2.15. The summed E-state index contributed by atoms with van der Waals surface area (Å²) in [5, 5.41) is 9.31. The largest absolute Gasteiger partial charge is 0.484 e. The first-order valence-corrected chi connectivity index (χ1v) is 11.2. The number of ether oxygens (including phenoxy) is 1. The third-order valence-electron chi connectivity index (χ3n) is 4.67. The zero-order valence-electron chi connectivity index (χ0n) is 18.9. The van der Waals surface area contributed by atoms with Crippen molar-refractivity contribution in [1.29, 1.82) is 0 Å². The Kier molecular flexibility index (Phi) is 8.83. The van der Waals surface area contributed by atoms with Crippen molar-refractivity contribution in [2.45, 2.75) is 13.8 Å². The Morgan fingerprint density at radius 1 is 0.914 bits per heavy atom. The number of carbonyl (C=O) groups is 3. The van der Waals surface area contributed by atoms with Gasteiger partial charge in [0.2, 0.25) is 0 Å². The van der Waals surface area contributed by atoms with Gasteiger partial charge in [0.1, 0.15) is 5.75 Å². The van der Waals surface area contributed by atoms with Crippen LogP contribution in [0.5, 0.6) is 5.75 Å². The summed E-state index contributed by atoms with van der Waals surface area (Å²) in [4.78, 5) is 36.2. The number of halogens is 2. The summed E-state index contributed by atoms with van der Waals surface area (Å²) >= 11 is 11.9. The van der Waals surface area contributed by atoms with Gasteiger partial charge >= 0.3 is 11.8 Å². The van der Waals surface area contributed by atoms with Crippen LogP contribution in [0.25, 0.3) is 0 Å². The molecule has 0 atom stereocenters. The van der Waals surface area contributed by atoms with Crippen molar-refractivity contribution in [2.75, 3.05) is 17.2 Å². The van der Waals surface area contributed by atoms with E-state index in [9.17, 15) is 14.4 Å². The first kappa shape index (κ1) is 25.7. The van der Waals surface area contributed by atoms with Crippen LogP contribution in [0, 0.1) is 13.8 Å². The summed E-state index contributed by atoms with van der Waals surface area (Å²) in [6.45, 7) is 3.72. The highest BCUT2D eigenvalue weighted by molar-refractivity contribution is 6.45. The Balaban J connectivity index is 1.50. The second kappa shape index (κ2) is 12.0. The van der Waals surface area contributed by atoms with Crippen LogP contribution in [0.3, 0.4) is 0 Å². The molecule has 3 rings (SSSR count). The third kappa shape index (κ3) is 7.56. The maximum atomic E-state index is 12.2. The SMILES string of the molecule is Cc1ccc(NC(=O)COc2cccc(/C=N\NC(=O)C(=O)Nc3cccc(Cl)c3Cl)c2)c(C)c1. The molecule has 3 aromatic carbocycles. The maximum Gasteiger partial charge on any atom is 0.329 e. The molecule has 180 valence electrons. The molecule has 0 aliphatic heterocycles. The number of rotatable bonds is 7. The monoisotopic (exact) mass is 512 g/mol. The number of benzene rings is 3. The summed E-state index contributed by atoms with van der Waals surface area (Å²) < 4.78 is 5.55. The number of nitrogens with zero attached hydrogens (tertiary/aromatic N) is 1. The van der Waals surface area contributed by atoms with Crippen LogP contribution in [0.2, 0.25) is 10.0 Å². The van der Waals surface area contributed by atoms with E-state index in [1.165, 1.54) is 12.3 Å². The molecule has 10 heteroatoms. The molecule has 3 aromatic rings. The normalized spacial score (nSPS) is 10.6. The number of anilines is 2. The average molecular weight is 513 g/mol. The molecular formula is C25H22Cl2N4O4. The number of carbonyl (C=O) groups excluding carboxylic acids is 3. The molecule has 0 saturated carbocycles. The molecule has 0 aliphatic rings. The highest BCUT2D eigenvalue weighted by atomic mass is 35.5. The molecule has 3 amide bonds.